The van der Waals surface area contributed by atoms with Crippen LogP contribution in [0.5, 0.6) is 0 Å². The summed E-state index contributed by atoms with van der Waals surface area (Å²) in [5, 5.41) is 0.756. The van der Waals surface area contributed by atoms with E-state index in [9.17, 15) is 9.59 Å². The highest BCUT2D eigenvalue weighted by Crippen LogP contribution is 2.30. The third kappa shape index (κ3) is 6.20. The number of fused-ring (bicyclic) bond motifs is 1. The van der Waals surface area contributed by atoms with Crippen molar-refractivity contribution in [3.63, 3.8) is 0 Å². The zero-order valence-corrected chi connectivity index (χ0v) is 22.1. The van der Waals surface area contributed by atoms with E-state index in [-0.39, 0.29) is 11.7 Å². The van der Waals surface area contributed by atoms with E-state index in [1.807, 2.05) is 23.1 Å². The molecule has 4 nitrogen and oxygen atoms in total. The molecule has 1 saturated heterocycles. The number of likely N-dealkylation sites (tertiary alicyclic amines) is 1. The fourth-order valence-corrected chi connectivity index (χ4v) is 6.57. The Balaban J connectivity index is 1.10. The van der Waals surface area contributed by atoms with Crippen LogP contribution in [0, 0.1) is 0 Å². The number of nitrogens with zero attached hydrogens (tertiary/aromatic N) is 2. The number of carbonyl (C=O) groups excluding carboxylic acids is 2. The first-order chi connectivity index (χ1) is 17.6. The van der Waals surface area contributed by atoms with Crippen LogP contribution in [0.2, 0.25) is 5.02 Å². The number of ketones is 1. The number of hydrogen-bond donors (Lipinski definition) is 0. The van der Waals surface area contributed by atoms with E-state index in [1.54, 1.807) is 0 Å². The van der Waals surface area contributed by atoms with Crippen molar-refractivity contribution in [2.24, 2.45) is 0 Å². The molecule has 2 fully saturated rings. The van der Waals surface area contributed by atoms with E-state index >= 15 is 0 Å². The van der Waals surface area contributed by atoms with Crippen LogP contribution in [0.4, 0.5) is 0 Å². The van der Waals surface area contributed by atoms with Gasteiger partial charge in [0.15, 0.2) is 5.78 Å². The second-order valence-corrected chi connectivity index (χ2v) is 11.4. The Labute approximate surface area is 221 Å². The summed E-state index contributed by atoms with van der Waals surface area (Å²) in [6, 6.07) is 15.1. The first-order valence-corrected chi connectivity index (χ1v) is 14.4. The van der Waals surface area contributed by atoms with Crippen LogP contribution in [0.3, 0.4) is 0 Å². The normalized spacial score (nSPS) is 20.1. The smallest absolute Gasteiger partial charge is 0.223 e. The van der Waals surface area contributed by atoms with Crippen LogP contribution in [0.15, 0.2) is 42.5 Å². The van der Waals surface area contributed by atoms with E-state index in [4.69, 9.17) is 11.6 Å². The number of Topliss-reactive ketones (excluding diaryl/α,β-unsaturated/α-hetero) is 1. The average molecular weight is 507 g/mol. The van der Waals surface area contributed by atoms with E-state index in [2.05, 4.69) is 29.2 Å². The molecule has 5 rings (SSSR count). The standard InChI is InChI=1S/C31H39ClN2O2/c32-28-10-8-23(9-11-28)25-15-20-34(21-16-25)31(36)13-12-30(35)27-7-6-24-14-18-33(19-17-26(24)22-27)29-4-2-1-3-5-29/h6-11,22,25,29H,1-5,12-21H2. The average Bonchev–Trinajstić information content (AvgIpc) is 3.15. The molecule has 3 aliphatic rings. The molecule has 0 radical (unpaired) electrons. The zero-order valence-electron chi connectivity index (χ0n) is 21.4. The van der Waals surface area contributed by atoms with Crippen molar-refractivity contribution in [2.75, 3.05) is 26.2 Å². The second-order valence-electron chi connectivity index (χ2n) is 10.9. The summed E-state index contributed by atoms with van der Waals surface area (Å²) in [6.07, 6.45) is 11.4. The number of hydrogen-bond acceptors (Lipinski definition) is 3. The minimum absolute atomic E-state index is 0.0931. The van der Waals surface area contributed by atoms with Gasteiger partial charge in [-0.15, -0.1) is 0 Å². The van der Waals surface area contributed by atoms with Gasteiger partial charge in [-0.25, -0.2) is 0 Å². The number of piperidine rings is 1. The zero-order chi connectivity index (χ0) is 24.9. The first kappa shape index (κ1) is 25.5. The molecule has 5 heteroatoms. The van der Waals surface area contributed by atoms with Crippen LogP contribution >= 0.6 is 11.6 Å². The molecule has 1 saturated carbocycles. The molecule has 2 aromatic carbocycles. The Morgan fingerprint density at radius 2 is 1.47 bits per heavy atom. The first-order valence-electron chi connectivity index (χ1n) is 14.0. The van der Waals surface area contributed by atoms with Gasteiger partial charge < -0.3 is 4.90 Å². The molecule has 0 bridgehead atoms. The minimum atomic E-state index is 0.0931. The minimum Gasteiger partial charge on any atom is -0.343 e. The quantitative estimate of drug-likeness (QED) is 0.423. The van der Waals surface area contributed by atoms with E-state index in [0.29, 0.717) is 18.8 Å². The molecule has 192 valence electrons. The molecule has 2 aliphatic heterocycles. The van der Waals surface area contributed by atoms with Gasteiger partial charge in [-0.05, 0) is 79.3 Å². The highest BCUT2D eigenvalue weighted by Gasteiger charge is 2.26. The molecular formula is C31H39ClN2O2. The van der Waals surface area contributed by atoms with Gasteiger partial charge in [0, 0.05) is 55.6 Å². The van der Waals surface area contributed by atoms with Crippen LogP contribution in [-0.2, 0) is 17.6 Å². The molecule has 36 heavy (non-hydrogen) atoms. The van der Waals surface area contributed by atoms with E-state index < -0.39 is 0 Å². The second kappa shape index (κ2) is 11.9. The monoisotopic (exact) mass is 506 g/mol. The molecule has 0 atom stereocenters. The van der Waals surface area contributed by atoms with Crippen LogP contribution < -0.4 is 0 Å². The Bertz CT molecular complexity index is 1050. The lowest BCUT2D eigenvalue weighted by Crippen LogP contribution is -2.38. The number of rotatable bonds is 6. The summed E-state index contributed by atoms with van der Waals surface area (Å²) in [6.45, 7) is 3.75. The van der Waals surface area contributed by atoms with Gasteiger partial charge in [0.05, 0.1) is 0 Å². The van der Waals surface area contributed by atoms with Crippen LogP contribution in [0.25, 0.3) is 0 Å². The Morgan fingerprint density at radius 3 is 2.19 bits per heavy atom. The van der Waals surface area contributed by atoms with Gasteiger partial charge in [0.25, 0.3) is 0 Å². The summed E-state index contributed by atoms with van der Waals surface area (Å²) in [4.78, 5) is 30.5. The van der Waals surface area contributed by atoms with Gasteiger partial charge in [0.1, 0.15) is 0 Å². The lowest BCUT2D eigenvalue weighted by molar-refractivity contribution is -0.132. The highest BCUT2D eigenvalue weighted by atomic mass is 35.5. The fraction of sp³-hybridized carbons (Fsp3) is 0.548. The fourth-order valence-electron chi connectivity index (χ4n) is 6.45. The molecule has 1 amide bonds. The maximum Gasteiger partial charge on any atom is 0.223 e. The number of benzene rings is 2. The van der Waals surface area contributed by atoms with Gasteiger partial charge in [0.2, 0.25) is 5.91 Å². The molecule has 2 heterocycles. The number of amides is 1. The Morgan fingerprint density at radius 1 is 0.778 bits per heavy atom. The summed E-state index contributed by atoms with van der Waals surface area (Å²) < 4.78 is 0. The highest BCUT2D eigenvalue weighted by molar-refractivity contribution is 6.30. The Hall–Kier alpha value is -2.17. The van der Waals surface area contributed by atoms with Gasteiger partial charge in [-0.3, -0.25) is 14.5 Å². The van der Waals surface area contributed by atoms with Crippen LogP contribution in [-0.4, -0.2) is 53.7 Å². The maximum atomic E-state index is 13.0. The largest absolute Gasteiger partial charge is 0.343 e. The lowest BCUT2D eigenvalue weighted by atomic mass is 9.89. The Kier molecular flexibility index (Phi) is 8.43. The number of halogens is 1. The topological polar surface area (TPSA) is 40.6 Å². The van der Waals surface area contributed by atoms with Crippen molar-refractivity contribution >= 4 is 23.3 Å². The number of carbonyl (C=O) groups is 2. The van der Waals surface area contributed by atoms with Gasteiger partial charge in [-0.2, -0.15) is 0 Å². The maximum absolute atomic E-state index is 13.0. The summed E-state index contributed by atoms with van der Waals surface area (Å²) in [5.74, 6) is 0.674. The third-order valence-corrected chi connectivity index (χ3v) is 8.96. The molecule has 1 aliphatic carbocycles. The summed E-state index contributed by atoms with van der Waals surface area (Å²) in [7, 11) is 0. The molecule has 0 N–H and O–H groups in total. The summed E-state index contributed by atoms with van der Waals surface area (Å²) in [5.41, 5.74) is 4.79. The molecule has 0 unspecified atom stereocenters. The van der Waals surface area contributed by atoms with Gasteiger partial charge >= 0.3 is 0 Å². The van der Waals surface area contributed by atoms with Crippen molar-refractivity contribution < 1.29 is 9.59 Å². The predicted octanol–water partition coefficient (Wildman–Crippen LogP) is 6.44. The van der Waals surface area contributed by atoms with Crippen molar-refractivity contribution in [2.45, 2.75) is 82.6 Å². The van der Waals surface area contributed by atoms with E-state index in [0.717, 1.165) is 68.5 Å². The van der Waals surface area contributed by atoms with E-state index in [1.165, 1.54) is 48.8 Å². The van der Waals surface area contributed by atoms with Crippen molar-refractivity contribution in [1.29, 1.82) is 0 Å². The molecule has 0 spiro atoms. The SMILES string of the molecule is O=C(CCC(=O)N1CCC(c2ccc(Cl)cc2)CC1)c1ccc2c(c1)CCN(C1CCCCC1)CC2. The van der Waals surface area contributed by atoms with Crippen molar-refractivity contribution in [1.82, 2.24) is 9.80 Å². The van der Waals surface area contributed by atoms with Crippen LogP contribution in [0.1, 0.15) is 90.8 Å². The third-order valence-electron chi connectivity index (χ3n) is 8.71. The predicted molar refractivity (Wildman–Crippen MR) is 146 cm³/mol. The lowest BCUT2D eigenvalue weighted by Gasteiger charge is -2.33. The van der Waals surface area contributed by atoms with Crippen molar-refractivity contribution in [3.05, 3.63) is 69.7 Å². The molecule has 2 aromatic rings. The summed E-state index contributed by atoms with van der Waals surface area (Å²) >= 11 is 6.01. The molecule has 0 aromatic heterocycles. The van der Waals surface area contributed by atoms with Gasteiger partial charge in [-0.1, -0.05) is 55.1 Å². The molecular weight excluding hydrogens is 468 g/mol. The van der Waals surface area contributed by atoms with Crippen molar-refractivity contribution in [3.8, 4) is 0 Å².